The molecule has 0 unspecified atom stereocenters. The minimum absolute atomic E-state index is 0.263. The van der Waals surface area contributed by atoms with Crippen LogP contribution in [0.15, 0.2) is 63.3 Å². The summed E-state index contributed by atoms with van der Waals surface area (Å²) >= 11 is 0. The Morgan fingerprint density at radius 1 is 0.636 bits per heavy atom. The lowest BCUT2D eigenvalue weighted by atomic mass is 10.4. The maximum atomic E-state index is 10.0. The van der Waals surface area contributed by atoms with Gasteiger partial charge in [0.1, 0.15) is 0 Å². The van der Waals surface area contributed by atoms with E-state index in [4.69, 9.17) is 0 Å². The van der Waals surface area contributed by atoms with Gasteiger partial charge < -0.3 is 4.74 Å². The SMILES string of the molecule is C=CC.C=CC.C=CC.C=CC.C=CC.O=C1CCC(=O)O1. The van der Waals surface area contributed by atoms with Crippen molar-refractivity contribution < 1.29 is 14.3 Å². The van der Waals surface area contributed by atoms with E-state index in [0.717, 1.165) is 0 Å². The van der Waals surface area contributed by atoms with Crippen LogP contribution in [0.3, 0.4) is 0 Å². The molecule has 0 saturated carbocycles. The average molecular weight is 310 g/mol. The van der Waals surface area contributed by atoms with Crippen LogP contribution in [0.5, 0.6) is 0 Å². The Labute approximate surface area is 137 Å². The molecule has 0 aromatic carbocycles. The maximum Gasteiger partial charge on any atom is 0.314 e. The minimum Gasteiger partial charge on any atom is -0.393 e. The molecule has 0 N–H and O–H groups in total. The molecule has 128 valence electrons. The summed E-state index contributed by atoms with van der Waals surface area (Å²) in [6.45, 7) is 26.2. The van der Waals surface area contributed by atoms with E-state index in [1.165, 1.54) is 0 Å². The predicted octanol–water partition coefficient (Wildman–Crippen LogP) is 5.81. The molecule has 1 aliphatic rings. The fraction of sp³-hybridized carbons (Fsp3) is 0.368. The Hall–Kier alpha value is -2.16. The van der Waals surface area contributed by atoms with Crippen molar-refractivity contribution in [3.8, 4) is 0 Å². The number of esters is 2. The summed E-state index contributed by atoms with van der Waals surface area (Å²) in [6, 6.07) is 0. The van der Waals surface area contributed by atoms with Crippen LogP contribution in [-0.4, -0.2) is 11.9 Å². The summed E-state index contributed by atoms with van der Waals surface area (Å²) in [7, 11) is 0. The number of rotatable bonds is 0. The van der Waals surface area contributed by atoms with E-state index in [9.17, 15) is 9.59 Å². The van der Waals surface area contributed by atoms with Gasteiger partial charge in [-0.3, -0.25) is 9.59 Å². The van der Waals surface area contributed by atoms with Gasteiger partial charge in [0.05, 0.1) is 12.8 Å². The Balaban J connectivity index is -0.0000000563. The molecular weight excluding hydrogens is 276 g/mol. The molecule has 0 spiro atoms. The summed E-state index contributed by atoms with van der Waals surface area (Å²) in [4.78, 5) is 20.0. The highest BCUT2D eigenvalue weighted by Crippen LogP contribution is 2.03. The normalized spacial score (nSPS) is 9.32. The van der Waals surface area contributed by atoms with Crippen molar-refractivity contribution in [3.05, 3.63) is 63.3 Å². The van der Waals surface area contributed by atoms with Gasteiger partial charge in [-0.2, -0.15) is 0 Å². The van der Waals surface area contributed by atoms with E-state index < -0.39 is 11.9 Å². The summed E-state index contributed by atoms with van der Waals surface area (Å²) in [5.41, 5.74) is 0. The molecule has 1 rings (SSSR count). The van der Waals surface area contributed by atoms with Gasteiger partial charge in [0.15, 0.2) is 0 Å². The largest absolute Gasteiger partial charge is 0.393 e. The molecule has 0 amide bonds. The zero-order valence-corrected chi connectivity index (χ0v) is 15.1. The van der Waals surface area contributed by atoms with Crippen molar-refractivity contribution in [3.63, 3.8) is 0 Å². The third-order valence-corrected chi connectivity index (χ3v) is 0.761. The monoisotopic (exact) mass is 310 g/mol. The molecule has 0 radical (unpaired) electrons. The number of hydrogen-bond acceptors (Lipinski definition) is 3. The predicted molar refractivity (Wildman–Crippen MR) is 99.7 cm³/mol. The lowest BCUT2D eigenvalue weighted by Gasteiger charge is -1.79. The lowest BCUT2D eigenvalue weighted by molar-refractivity contribution is -0.151. The first-order valence-electron chi connectivity index (χ1n) is 6.95. The zero-order valence-electron chi connectivity index (χ0n) is 15.1. The Kier molecular flexibility index (Phi) is 62.2. The van der Waals surface area contributed by atoms with Gasteiger partial charge in [0, 0.05) is 0 Å². The molecule has 0 aliphatic carbocycles. The van der Waals surface area contributed by atoms with Crippen LogP contribution in [0.1, 0.15) is 47.5 Å². The van der Waals surface area contributed by atoms with Gasteiger partial charge in [-0.1, -0.05) is 30.4 Å². The Morgan fingerprint density at radius 3 is 0.818 bits per heavy atom. The second kappa shape index (κ2) is 42.8. The van der Waals surface area contributed by atoms with Gasteiger partial charge in [0.25, 0.3) is 0 Å². The standard InChI is InChI=1S/C4H4O3.5C3H6/c5-3-1-2-4(6)7-3;5*1-3-2/h1-2H2;5*3H,1H2,2H3. The molecule has 0 atom stereocenters. The van der Waals surface area contributed by atoms with Crippen LogP contribution in [0.2, 0.25) is 0 Å². The van der Waals surface area contributed by atoms with E-state index in [-0.39, 0.29) is 12.8 Å². The quantitative estimate of drug-likeness (QED) is 0.322. The van der Waals surface area contributed by atoms with Gasteiger partial charge >= 0.3 is 11.9 Å². The van der Waals surface area contributed by atoms with Crippen molar-refractivity contribution in [2.24, 2.45) is 0 Å². The molecule has 3 nitrogen and oxygen atoms in total. The summed E-state index contributed by atoms with van der Waals surface area (Å²) in [6.07, 6.45) is 9.28. The number of hydrogen-bond donors (Lipinski definition) is 0. The summed E-state index contributed by atoms with van der Waals surface area (Å²) < 4.78 is 4.08. The number of carbonyl (C=O) groups excluding carboxylic acids is 2. The topological polar surface area (TPSA) is 43.4 Å². The molecule has 1 aliphatic heterocycles. The zero-order chi connectivity index (χ0) is 18.8. The van der Waals surface area contributed by atoms with Gasteiger partial charge in [0.2, 0.25) is 0 Å². The highest BCUT2D eigenvalue weighted by atomic mass is 16.6. The number of carbonyl (C=O) groups is 2. The lowest BCUT2D eigenvalue weighted by Crippen LogP contribution is -1.94. The van der Waals surface area contributed by atoms with E-state index in [1.54, 1.807) is 30.4 Å². The fourth-order valence-corrected chi connectivity index (χ4v) is 0.433. The first kappa shape index (κ1) is 32.0. The molecule has 1 fully saturated rings. The van der Waals surface area contributed by atoms with Gasteiger partial charge in [-0.25, -0.2) is 0 Å². The van der Waals surface area contributed by atoms with Crippen LogP contribution >= 0.6 is 0 Å². The average Bonchev–Trinajstić information content (AvgIpc) is 2.78. The van der Waals surface area contributed by atoms with Crippen LogP contribution in [0.25, 0.3) is 0 Å². The van der Waals surface area contributed by atoms with Crippen LogP contribution in [0, 0.1) is 0 Å². The number of ether oxygens (including phenoxy) is 1. The molecule has 3 heteroatoms. The van der Waals surface area contributed by atoms with E-state index in [2.05, 4.69) is 37.6 Å². The van der Waals surface area contributed by atoms with E-state index in [1.807, 2.05) is 34.6 Å². The second-order valence-corrected chi connectivity index (χ2v) is 3.39. The molecule has 1 heterocycles. The van der Waals surface area contributed by atoms with Crippen LogP contribution in [-0.2, 0) is 14.3 Å². The van der Waals surface area contributed by atoms with Gasteiger partial charge in [-0.15, -0.1) is 32.9 Å². The van der Waals surface area contributed by atoms with Crippen molar-refractivity contribution in [1.82, 2.24) is 0 Å². The summed E-state index contributed by atoms with van der Waals surface area (Å²) in [5, 5.41) is 0. The smallest absolute Gasteiger partial charge is 0.314 e. The highest BCUT2D eigenvalue weighted by molar-refractivity contribution is 5.92. The summed E-state index contributed by atoms with van der Waals surface area (Å²) in [5.74, 6) is -0.796. The highest BCUT2D eigenvalue weighted by Gasteiger charge is 2.19. The first-order valence-corrected chi connectivity index (χ1v) is 6.95. The van der Waals surface area contributed by atoms with E-state index in [0.29, 0.717) is 0 Å². The number of cyclic esters (lactones) is 2. The van der Waals surface area contributed by atoms with Crippen molar-refractivity contribution in [1.29, 1.82) is 0 Å². The molecule has 0 bridgehead atoms. The first-order chi connectivity index (χ1) is 10.4. The molecule has 0 aromatic heterocycles. The third kappa shape index (κ3) is 108. The van der Waals surface area contributed by atoms with Gasteiger partial charge in [-0.05, 0) is 34.6 Å². The number of allylic oxidation sites excluding steroid dienone is 5. The molecule has 22 heavy (non-hydrogen) atoms. The minimum atomic E-state index is -0.398. The fourth-order valence-electron chi connectivity index (χ4n) is 0.433. The van der Waals surface area contributed by atoms with Crippen molar-refractivity contribution in [2.45, 2.75) is 47.5 Å². The maximum absolute atomic E-state index is 10.0. The second-order valence-electron chi connectivity index (χ2n) is 3.39. The third-order valence-electron chi connectivity index (χ3n) is 0.761. The molecule has 1 saturated heterocycles. The van der Waals surface area contributed by atoms with Crippen molar-refractivity contribution >= 4 is 11.9 Å². The molecular formula is C19H34O3. The Morgan fingerprint density at radius 2 is 0.773 bits per heavy atom. The molecule has 0 aromatic rings. The van der Waals surface area contributed by atoms with Crippen molar-refractivity contribution in [2.75, 3.05) is 0 Å². The Bertz CT molecular complexity index is 240. The van der Waals surface area contributed by atoms with Crippen LogP contribution < -0.4 is 0 Å². The van der Waals surface area contributed by atoms with Crippen LogP contribution in [0.4, 0.5) is 0 Å². The van der Waals surface area contributed by atoms with E-state index >= 15 is 0 Å².